The van der Waals surface area contributed by atoms with Crippen LogP contribution in [-0.2, 0) is 19.4 Å². The topological polar surface area (TPSA) is 60.4 Å². The van der Waals surface area contributed by atoms with Gasteiger partial charge >= 0.3 is 5.97 Å². The number of rotatable bonds is 4. The number of carbonyl (C=O) groups excluding carboxylic acids is 1. The van der Waals surface area contributed by atoms with Crippen molar-refractivity contribution in [3.63, 3.8) is 0 Å². The Bertz CT molecular complexity index is 776. The number of benzene rings is 2. The number of sulfone groups is 1. The van der Waals surface area contributed by atoms with Crippen LogP contribution in [0.25, 0.3) is 10.8 Å². The number of hydrogen-bond donors (Lipinski definition) is 0. The molecule has 0 aromatic heterocycles. The minimum absolute atomic E-state index is 0.221. The molecule has 4 nitrogen and oxygen atoms in total. The van der Waals surface area contributed by atoms with Gasteiger partial charge in [0.25, 0.3) is 0 Å². The molecule has 2 aromatic carbocycles. The van der Waals surface area contributed by atoms with Crippen molar-refractivity contribution in [2.45, 2.75) is 18.7 Å². The SMILES string of the molecule is COC(=O)C(C)(C)CS(=O)(=O)c1ccc2ccccc2c1. The molecule has 0 aliphatic rings. The van der Waals surface area contributed by atoms with Crippen molar-refractivity contribution in [1.82, 2.24) is 0 Å². The molecule has 0 heterocycles. The van der Waals surface area contributed by atoms with E-state index in [0.29, 0.717) is 0 Å². The van der Waals surface area contributed by atoms with Gasteiger partial charge in [-0.1, -0.05) is 30.3 Å². The monoisotopic (exact) mass is 306 g/mol. The summed E-state index contributed by atoms with van der Waals surface area (Å²) >= 11 is 0. The van der Waals surface area contributed by atoms with Gasteiger partial charge in [0.15, 0.2) is 9.84 Å². The van der Waals surface area contributed by atoms with Gasteiger partial charge in [-0.05, 0) is 36.8 Å². The van der Waals surface area contributed by atoms with E-state index < -0.39 is 21.2 Å². The molecular weight excluding hydrogens is 288 g/mol. The highest BCUT2D eigenvalue weighted by molar-refractivity contribution is 7.91. The van der Waals surface area contributed by atoms with Crippen LogP contribution in [0.1, 0.15) is 13.8 Å². The molecule has 0 bridgehead atoms. The molecule has 0 unspecified atom stereocenters. The number of hydrogen-bond acceptors (Lipinski definition) is 4. The Kier molecular flexibility index (Phi) is 4.05. The molecule has 2 aromatic rings. The lowest BCUT2D eigenvalue weighted by Crippen LogP contribution is -2.33. The lowest BCUT2D eigenvalue weighted by atomic mass is 9.97. The normalized spacial score (nSPS) is 12.3. The first-order valence-electron chi connectivity index (χ1n) is 6.56. The second-order valence-corrected chi connectivity index (χ2v) is 7.63. The van der Waals surface area contributed by atoms with Crippen LogP contribution in [-0.4, -0.2) is 27.2 Å². The van der Waals surface area contributed by atoms with Gasteiger partial charge in [-0.25, -0.2) is 8.42 Å². The Hall–Kier alpha value is -1.88. The molecule has 0 N–H and O–H groups in total. The summed E-state index contributed by atoms with van der Waals surface area (Å²) in [6, 6.07) is 12.5. The molecule has 112 valence electrons. The van der Waals surface area contributed by atoms with Crippen molar-refractivity contribution in [3.05, 3.63) is 42.5 Å². The number of esters is 1. The van der Waals surface area contributed by atoms with Gasteiger partial charge in [-0.2, -0.15) is 0 Å². The van der Waals surface area contributed by atoms with E-state index in [1.807, 2.05) is 24.3 Å². The molecule has 0 saturated carbocycles. The number of carbonyl (C=O) groups is 1. The van der Waals surface area contributed by atoms with Crippen LogP contribution < -0.4 is 0 Å². The predicted molar refractivity (Wildman–Crippen MR) is 81.8 cm³/mol. The zero-order chi connectivity index (χ0) is 15.7. The summed E-state index contributed by atoms with van der Waals surface area (Å²) in [6.07, 6.45) is 0. The van der Waals surface area contributed by atoms with Crippen molar-refractivity contribution in [2.75, 3.05) is 12.9 Å². The molecule has 5 heteroatoms. The molecule has 21 heavy (non-hydrogen) atoms. The lowest BCUT2D eigenvalue weighted by Gasteiger charge is -2.21. The van der Waals surface area contributed by atoms with Gasteiger partial charge in [0.05, 0.1) is 23.2 Å². The van der Waals surface area contributed by atoms with E-state index in [1.54, 1.807) is 32.0 Å². The molecule has 0 atom stereocenters. The van der Waals surface area contributed by atoms with E-state index >= 15 is 0 Å². The Labute approximate surface area is 124 Å². The Morgan fingerprint density at radius 2 is 1.71 bits per heavy atom. The maximum atomic E-state index is 12.5. The fourth-order valence-electron chi connectivity index (χ4n) is 2.25. The van der Waals surface area contributed by atoms with Gasteiger partial charge in [-0.3, -0.25) is 4.79 Å². The highest BCUT2D eigenvalue weighted by Gasteiger charge is 2.35. The summed E-state index contributed by atoms with van der Waals surface area (Å²) in [4.78, 5) is 11.9. The van der Waals surface area contributed by atoms with E-state index in [4.69, 9.17) is 0 Å². The first kappa shape index (κ1) is 15.5. The summed E-state index contributed by atoms with van der Waals surface area (Å²) in [7, 11) is -2.31. The first-order chi connectivity index (χ1) is 9.76. The first-order valence-corrected chi connectivity index (χ1v) is 8.21. The van der Waals surface area contributed by atoms with Crippen LogP contribution in [0, 0.1) is 5.41 Å². The van der Waals surface area contributed by atoms with Crippen molar-refractivity contribution in [2.24, 2.45) is 5.41 Å². The average molecular weight is 306 g/mol. The third-order valence-electron chi connectivity index (χ3n) is 3.37. The zero-order valence-electron chi connectivity index (χ0n) is 12.3. The third kappa shape index (κ3) is 3.24. The van der Waals surface area contributed by atoms with Crippen LogP contribution in [0.15, 0.2) is 47.4 Å². The summed E-state index contributed by atoms with van der Waals surface area (Å²) in [6.45, 7) is 3.13. The van der Waals surface area contributed by atoms with Gasteiger partial charge in [0, 0.05) is 0 Å². The highest BCUT2D eigenvalue weighted by atomic mass is 32.2. The fourth-order valence-corrected chi connectivity index (χ4v) is 4.07. The van der Waals surface area contributed by atoms with Crippen molar-refractivity contribution in [1.29, 1.82) is 0 Å². The number of methoxy groups -OCH3 is 1. The maximum Gasteiger partial charge on any atom is 0.312 e. The van der Waals surface area contributed by atoms with Gasteiger partial charge in [0.2, 0.25) is 0 Å². The van der Waals surface area contributed by atoms with E-state index in [9.17, 15) is 13.2 Å². The van der Waals surface area contributed by atoms with Crippen molar-refractivity contribution >= 4 is 26.6 Å². The van der Waals surface area contributed by atoms with Crippen molar-refractivity contribution < 1.29 is 17.9 Å². The van der Waals surface area contributed by atoms with E-state index in [2.05, 4.69) is 4.74 Å². The average Bonchev–Trinajstić information content (AvgIpc) is 2.44. The summed E-state index contributed by atoms with van der Waals surface area (Å²) in [5.41, 5.74) is -1.08. The van der Waals surface area contributed by atoms with Crippen LogP contribution >= 0.6 is 0 Å². The quantitative estimate of drug-likeness (QED) is 0.815. The standard InChI is InChI=1S/C16H18O4S/c1-16(2,15(17)20-3)11-21(18,19)14-9-8-12-6-4-5-7-13(12)10-14/h4-10H,11H2,1-3H3. The van der Waals surface area contributed by atoms with Crippen LogP contribution in [0.3, 0.4) is 0 Å². The second kappa shape index (κ2) is 5.48. The van der Waals surface area contributed by atoms with Gasteiger partial charge in [0.1, 0.15) is 0 Å². The summed E-state index contributed by atoms with van der Waals surface area (Å²) in [5.74, 6) is -0.822. The summed E-state index contributed by atoms with van der Waals surface area (Å²) < 4.78 is 29.7. The van der Waals surface area contributed by atoms with Crippen LogP contribution in [0.2, 0.25) is 0 Å². The van der Waals surface area contributed by atoms with Crippen LogP contribution in [0.5, 0.6) is 0 Å². The molecule has 0 spiro atoms. The zero-order valence-corrected chi connectivity index (χ0v) is 13.1. The molecule has 0 amide bonds. The largest absolute Gasteiger partial charge is 0.469 e. The van der Waals surface area contributed by atoms with Crippen molar-refractivity contribution in [3.8, 4) is 0 Å². The second-order valence-electron chi connectivity index (χ2n) is 5.64. The molecule has 0 aliphatic carbocycles. The molecule has 0 aliphatic heterocycles. The third-order valence-corrected chi connectivity index (χ3v) is 5.44. The Morgan fingerprint density at radius 1 is 1.10 bits per heavy atom. The molecular formula is C16H18O4S. The minimum Gasteiger partial charge on any atom is -0.469 e. The fraction of sp³-hybridized carbons (Fsp3) is 0.312. The molecule has 0 radical (unpaired) electrons. The Morgan fingerprint density at radius 3 is 2.33 bits per heavy atom. The smallest absolute Gasteiger partial charge is 0.312 e. The number of fused-ring (bicyclic) bond motifs is 1. The van der Waals surface area contributed by atoms with E-state index in [1.165, 1.54) is 7.11 Å². The lowest BCUT2D eigenvalue weighted by molar-refractivity contribution is -0.149. The molecule has 0 fully saturated rings. The van der Waals surface area contributed by atoms with Gasteiger partial charge in [-0.15, -0.1) is 0 Å². The predicted octanol–water partition coefficient (Wildman–Crippen LogP) is 2.81. The molecule has 2 rings (SSSR count). The highest BCUT2D eigenvalue weighted by Crippen LogP contribution is 2.26. The number of ether oxygens (including phenoxy) is 1. The minimum atomic E-state index is -3.57. The summed E-state index contributed by atoms with van der Waals surface area (Å²) in [5, 5.41) is 1.83. The van der Waals surface area contributed by atoms with E-state index in [-0.39, 0.29) is 10.6 Å². The molecule has 0 saturated heterocycles. The van der Waals surface area contributed by atoms with E-state index in [0.717, 1.165) is 10.8 Å². The Balaban J connectivity index is 2.40. The van der Waals surface area contributed by atoms with Crippen LogP contribution in [0.4, 0.5) is 0 Å². The van der Waals surface area contributed by atoms with Gasteiger partial charge < -0.3 is 4.74 Å². The maximum absolute atomic E-state index is 12.5.